The Labute approximate surface area is 147 Å². The molecule has 7 heteroatoms. The van der Waals surface area contributed by atoms with Crippen LogP contribution in [0.2, 0.25) is 0 Å². The van der Waals surface area contributed by atoms with Gasteiger partial charge < -0.3 is 15.4 Å². The van der Waals surface area contributed by atoms with Gasteiger partial charge in [-0.15, -0.1) is 0 Å². The zero-order valence-corrected chi connectivity index (χ0v) is 14.9. The lowest BCUT2D eigenvalue weighted by Gasteiger charge is -2.31. The van der Waals surface area contributed by atoms with E-state index in [2.05, 4.69) is 32.8 Å². The van der Waals surface area contributed by atoms with Gasteiger partial charge in [-0.25, -0.2) is 9.97 Å². The van der Waals surface area contributed by atoms with Crippen molar-refractivity contribution in [1.29, 1.82) is 0 Å². The van der Waals surface area contributed by atoms with Gasteiger partial charge in [0.1, 0.15) is 5.75 Å². The number of hydrogen-bond acceptors (Lipinski definition) is 6. The van der Waals surface area contributed by atoms with Crippen LogP contribution in [0.5, 0.6) is 5.75 Å². The summed E-state index contributed by atoms with van der Waals surface area (Å²) in [6.45, 7) is 6.63. The first-order valence-electron chi connectivity index (χ1n) is 8.82. The lowest BCUT2D eigenvalue weighted by molar-refractivity contribution is -0.124. The molecule has 1 aromatic heterocycles. The van der Waals surface area contributed by atoms with E-state index in [0.717, 1.165) is 35.2 Å². The Morgan fingerprint density at radius 2 is 2.16 bits per heavy atom. The molecule has 1 fully saturated rings. The van der Waals surface area contributed by atoms with Crippen molar-refractivity contribution in [2.24, 2.45) is 0 Å². The Balaban J connectivity index is 1.79. The molecule has 3 rings (SSSR count). The second-order valence-corrected chi connectivity index (χ2v) is 6.25. The van der Waals surface area contributed by atoms with Crippen molar-refractivity contribution in [3.63, 3.8) is 0 Å². The van der Waals surface area contributed by atoms with Gasteiger partial charge in [0.25, 0.3) is 0 Å². The first kappa shape index (κ1) is 17.4. The van der Waals surface area contributed by atoms with Crippen molar-refractivity contribution in [2.75, 3.05) is 11.9 Å². The molecule has 2 heterocycles. The quantitative estimate of drug-likeness (QED) is 0.746. The van der Waals surface area contributed by atoms with Crippen LogP contribution < -0.4 is 20.7 Å². The Morgan fingerprint density at radius 1 is 1.32 bits per heavy atom. The van der Waals surface area contributed by atoms with E-state index in [1.165, 1.54) is 0 Å². The molecule has 3 N–H and O–H groups in total. The van der Waals surface area contributed by atoms with Gasteiger partial charge in [0.15, 0.2) is 6.29 Å². The van der Waals surface area contributed by atoms with Gasteiger partial charge in [-0.05, 0) is 38.5 Å². The molecule has 2 atom stereocenters. The van der Waals surface area contributed by atoms with Crippen molar-refractivity contribution in [2.45, 2.75) is 52.4 Å². The number of benzene rings is 1. The number of fused-ring (bicyclic) bond motifs is 1. The van der Waals surface area contributed by atoms with E-state index < -0.39 is 0 Å². The largest absolute Gasteiger partial charge is 0.494 e. The zero-order chi connectivity index (χ0) is 17.8. The molecular formula is C18H25N5O2. The van der Waals surface area contributed by atoms with Crippen molar-refractivity contribution in [1.82, 2.24) is 20.6 Å². The number of aryl methyl sites for hydroxylation is 1. The minimum absolute atomic E-state index is 0.0357. The molecule has 0 spiro atoms. The molecule has 7 nitrogen and oxygen atoms in total. The zero-order valence-electron chi connectivity index (χ0n) is 14.9. The molecule has 0 radical (unpaired) electrons. The standard InChI is InChI=1S/C18H25N5O2/c1-4-6-12-9-16(24)22-18(20-12)23-17-19-11(3)14-10-13(25-5-2)7-8-15(14)21-17/h7-8,10,12,18,20H,4-6,9H2,1-3H3,(H,22,24)(H,19,21,23). The number of anilines is 1. The van der Waals surface area contributed by atoms with Crippen LogP contribution >= 0.6 is 0 Å². The molecule has 0 bridgehead atoms. The maximum atomic E-state index is 11.9. The van der Waals surface area contributed by atoms with Crippen LogP contribution in [0, 0.1) is 6.92 Å². The highest BCUT2D eigenvalue weighted by Gasteiger charge is 2.25. The molecule has 1 aromatic carbocycles. The Hall–Kier alpha value is -2.41. The van der Waals surface area contributed by atoms with Crippen LogP contribution in [-0.2, 0) is 4.79 Å². The first-order valence-corrected chi connectivity index (χ1v) is 8.82. The van der Waals surface area contributed by atoms with Crippen molar-refractivity contribution >= 4 is 22.8 Å². The van der Waals surface area contributed by atoms with Crippen LogP contribution in [0.15, 0.2) is 18.2 Å². The average Bonchev–Trinajstić information content (AvgIpc) is 2.55. The molecule has 1 aliphatic heterocycles. The molecule has 1 aliphatic rings. The Kier molecular flexibility index (Phi) is 5.33. The number of nitrogens with one attached hydrogen (secondary N) is 3. The third kappa shape index (κ3) is 4.17. The predicted octanol–water partition coefficient (Wildman–Crippen LogP) is 2.31. The van der Waals surface area contributed by atoms with Crippen molar-refractivity contribution in [3.05, 3.63) is 23.9 Å². The van der Waals surface area contributed by atoms with E-state index in [-0.39, 0.29) is 18.2 Å². The molecular weight excluding hydrogens is 318 g/mol. The molecule has 134 valence electrons. The van der Waals surface area contributed by atoms with Gasteiger partial charge in [0.2, 0.25) is 11.9 Å². The van der Waals surface area contributed by atoms with E-state index in [0.29, 0.717) is 19.0 Å². The van der Waals surface area contributed by atoms with Crippen LogP contribution in [0.1, 0.15) is 38.8 Å². The fourth-order valence-corrected chi connectivity index (χ4v) is 3.10. The summed E-state index contributed by atoms with van der Waals surface area (Å²) in [6.07, 6.45) is 2.14. The van der Waals surface area contributed by atoms with Crippen LogP contribution in [0.25, 0.3) is 10.9 Å². The Bertz CT molecular complexity index is 764. The van der Waals surface area contributed by atoms with Gasteiger partial charge in [-0.3, -0.25) is 10.1 Å². The molecule has 2 unspecified atom stereocenters. The van der Waals surface area contributed by atoms with Gasteiger partial charge >= 0.3 is 0 Å². The fourth-order valence-electron chi connectivity index (χ4n) is 3.10. The molecule has 0 saturated carbocycles. The lowest BCUT2D eigenvalue weighted by Crippen LogP contribution is -2.59. The SMILES string of the molecule is CCCC1CC(=O)NC(Nc2nc(C)c3cc(OCC)ccc3n2)N1. The maximum absolute atomic E-state index is 11.9. The monoisotopic (exact) mass is 343 g/mol. The maximum Gasteiger partial charge on any atom is 0.226 e. The number of aromatic nitrogens is 2. The minimum atomic E-state index is -0.364. The van der Waals surface area contributed by atoms with Crippen molar-refractivity contribution < 1.29 is 9.53 Å². The second kappa shape index (κ2) is 7.65. The van der Waals surface area contributed by atoms with Crippen molar-refractivity contribution in [3.8, 4) is 5.75 Å². The number of carbonyl (C=O) groups is 1. The number of ether oxygens (including phenoxy) is 1. The smallest absolute Gasteiger partial charge is 0.226 e. The number of nitrogens with zero attached hydrogens (tertiary/aromatic N) is 2. The number of rotatable bonds is 6. The molecule has 25 heavy (non-hydrogen) atoms. The summed E-state index contributed by atoms with van der Waals surface area (Å²) >= 11 is 0. The van der Waals surface area contributed by atoms with E-state index in [1.54, 1.807) is 0 Å². The second-order valence-electron chi connectivity index (χ2n) is 6.25. The summed E-state index contributed by atoms with van der Waals surface area (Å²) < 4.78 is 5.54. The summed E-state index contributed by atoms with van der Waals surface area (Å²) in [6, 6.07) is 5.95. The van der Waals surface area contributed by atoms with Gasteiger partial charge in [0, 0.05) is 17.8 Å². The molecule has 1 saturated heterocycles. The normalized spacial score (nSPS) is 20.4. The summed E-state index contributed by atoms with van der Waals surface area (Å²) in [5, 5.41) is 10.4. The highest BCUT2D eigenvalue weighted by molar-refractivity contribution is 5.83. The number of carbonyl (C=O) groups excluding carboxylic acids is 1. The predicted molar refractivity (Wildman–Crippen MR) is 97.4 cm³/mol. The average molecular weight is 343 g/mol. The molecule has 2 aromatic rings. The van der Waals surface area contributed by atoms with Crippen LogP contribution in [-0.4, -0.2) is 34.8 Å². The van der Waals surface area contributed by atoms with Gasteiger partial charge in [-0.2, -0.15) is 0 Å². The third-order valence-corrected chi connectivity index (χ3v) is 4.22. The number of hydrogen-bond donors (Lipinski definition) is 3. The topological polar surface area (TPSA) is 88.2 Å². The summed E-state index contributed by atoms with van der Waals surface area (Å²) in [4.78, 5) is 21.0. The summed E-state index contributed by atoms with van der Waals surface area (Å²) in [5.74, 6) is 1.34. The summed E-state index contributed by atoms with van der Waals surface area (Å²) in [5.41, 5.74) is 1.70. The highest BCUT2D eigenvalue weighted by Crippen LogP contribution is 2.23. The summed E-state index contributed by atoms with van der Waals surface area (Å²) in [7, 11) is 0. The van der Waals surface area contributed by atoms with E-state index in [1.807, 2.05) is 32.0 Å². The van der Waals surface area contributed by atoms with E-state index in [9.17, 15) is 4.79 Å². The van der Waals surface area contributed by atoms with E-state index >= 15 is 0 Å². The first-order chi connectivity index (χ1) is 12.1. The van der Waals surface area contributed by atoms with E-state index in [4.69, 9.17) is 4.74 Å². The molecule has 0 aliphatic carbocycles. The number of amides is 1. The molecule has 1 amide bonds. The highest BCUT2D eigenvalue weighted by atomic mass is 16.5. The third-order valence-electron chi connectivity index (χ3n) is 4.22. The van der Waals surface area contributed by atoms with Crippen LogP contribution in [0.4, 0.5) is 5.95 Å². The lowest BCUT2D eigenvalue weighted by atomic mass is 10.1. The van der Waals surface area contributed by atoms with Gasteiger partial charge in [-0.1, -0.05) is 13.3 Å². The minimum Gasteiger partial charge on any atom is -0.494 e. The Morgan fingerprint density at radius 3 is 2.92 bits per heavy atom. The van der Waals surface area contributed by atoms with Gasteiger partial charge in [0.05, 0.1) is 17.8 Å². The van der Waals surface area contributed by atoms with Crippen LogP contribution in [0.3, 0.4) is 0 Å². The fraction of sp³-hybridized carbons (Fsp3) is 0.500.